The number of nitrogens with one attached hydrogen (secondary N) is 2. The highest BCUT2D eigenvalue weighted by atomic mass is 35.5. The lowest BCUT2D eigenvalue weighted by molar-refractivity contribution is 0.0270. The Balaban J connectivity index is 1.69. The molecule has 134 valence electrons. The van der Waals surface area contributed by atoms with E-state index >= 15 is 0 Å². The van der Waals surface area contributed by atoms with Gasteiger partial charge in [0, 0.05) is 18.6 Å². The van der Waals surface area contributed by atoms with E-state index in [1.807, 2.05) is 0 Å². The number of pyridine rings is 1. The van der Waals surface area contributed by atoms with Gasteiger partial charge in [-0.3, -0.25) is 9.63 Å². The number of hydroxylamine groups is 1. The van der Waals surface area contributed by atoms with Gasteiger partial charge in [0.1, 0.15) is 10.8 Å². The van der Waals surface area contributed by atoms with Crippen molar-refractivity contribution in [3.05, 3.63) is 59.3 Å². The number of anilines is 2. The van der Waals surface area contributed by atoms with Gasteiger partial charge < -0.3 is 9.72 Å². The molecule has 0 bridgehead atoms. The number of amides is 1. The second-order valence-electron chi connectivity index (χ2n) is 6.18. The lowest BCUT2D eigenvalue weighted by Gasteiger charge is -2.15. The Kier molecular flexibility index (Phi) is 4.48. The van der Waals surface area contributed by atoms with Crippen molar-refractivity contribution in [1.82, 2.24) is 14.9 Å². The summed E-state index contributed by atoms with van der Waals surface area (Å²) in [6.07, 6.45) is 7.05. The van der Waals surface area contributed by atoms with Crippen molar-refractivity contribution in [3.8, 4) is 0 Å². The van der Waals surface area contributed by atoms with E-state index in [-0.39, 0.29) is 22.0 Å². The predicted octanol–water partition coefficient (Wildman–Crippen LogP) is 3.94. The van der Waals surface area contributed by atoms with Gasteiger partial charge in [-0.05, 0) is 30.9 Å². The van der Waals surface area contributed by atoms with Crippen LogP contribution in [0.5, 0.6) is 0 Å². The van der Waals surface area contributed by atoms with Crippen LogP contribution in [0.3, 0.4) is 0 Å². The van der Waals surface area contributed by atoms with Gasteiger partial charge in [-0.25, -0.2) is 14.9 Å². The van der Waals surface area contributed by atoms with Crippen molar-refractivity contribution in [2.45, 2.75) is 12.8 Å². The zero-order valence-electron chi connectivity index (χ0n) is 13.7. The molecule has 1 fully saturated rings. The van der Waals surface area contributed by atoms with Crippen LogP contribution in [0.4, 0.5) is 15.8 Å². The van der Waals surface area contributed by atoms with Crippen LogP contribution in [0, 0.1) is 11.7 Å². The van der Waals surface area contributed by atoms with E-state index in [1.165, 1.54) is 6.07 Å². The summed E-state index contributed by atoms with van der Waals surface area (Å²) in [4.78, 5) is 22.0. The molecule has 6 nitrogen and oxygen atoms in total. The third kappa shape index (κ3) is 3.36. The molecule has 2 heterocycles. The van der Waals surface area contributed by atoms with E-state index in [4.69, 9.17) is 16.4 Å². The molecule has 4 rings (SSSR count). The smallest absolute Gasteiger partial charge is 0.278 e. The number of benzene rings is 1. The third-order valence-electron chi connectivity index (χ3n) is 4.18. The first-order valence-corrected chi connectivity index (χ1v) is 8.60. The minimum absolute atomic E-state index is 0.207. The van der Waals surface area contributed by atoms with Crippen LogP contribution in [-0.2, 0) is 4.84 Å². The molecule has 1 aliphatic rings. The molecule has 1 aliphatic carbocycles. The van der Waals surface area contributed by atoms with Gasteiger partial charge >= 0.3 is 0 Å². The fourth-order valence-corrected chi connectivity index (χ4v) is 2.87. The Bertz CT molecular complexity index is 971. The molecule has 1 amide bonds. The van der Waals surface area contributed by atoms with Crippen LogP contribution in [0.1, 0.15) is 23.2 Å². The highest BCUT2D eigenvalue weighted by molar-refractivity contribution is 6.37. The van der Waals surface area contributed by atoms with E-state index in [0.29, 0.717) is 18.2 Å². The number of carbonyl (C=O) groups excluding carboxylic acids is 1. The Morgan fingerprint density at radius 2 is 2.19 bits per heavy atom. The summed E-state index contributed by atoms with van der Waals surface area (Å²) in [5.74, 6) is -0.420. The van der Waals surface area contributed by atoms with Crippen LogP contribution in [0.25, 0.3) is 5.65 Å². The highest BCUT2D eigenvalue weighted by Crippen LogP contribution is 2.33. The molecule has 26 heavy (non-hydrogen) atoms. The fraction of sp³-hybridized carbons (Fsp3) is 0.222. The van der Waals surface area contributed by atoms with E-state index in [0.717, 1.165) is 12.8 Å². The average Bonchev–Trinajstić information content (AvgIpc) is 3.33. The van der Waals surface area contributed by atoms with E-state index in [9.17, 15) is 9.18 Å². The predicted molar refractivity (Wildman–Crippen MR) is 96.0 cm³/mol. The zero-order chi connectivity index (χ0) is 18.1. The normalized spacial score (nSPS) is 13.8. The van der Waals surface area contributed by atoms with Crippen molar-refractivity contribution in [2.24, 2.45) is 5.92 Å². The molecule has 0 radical (unpaired) electrons. The van der Waals surface area contributed by atoms with Gasteiger partial charge in [-0.15, -0.1) is 0 Å². The summed E-state index contributed by atoms with van der Waals surface area (Å²) in [5.41, 5.74) is 3.58. The number of imidazole rings is 1. The highest BCUT2D eigenvalue weighted by Gasteiger charge is 2.23. The van der Waals surface area contributed by atoms with Crippen molar-refractivity contribution < 1.29 is 14.0 Å². The summed E-state index contributed by atoms with van der Waals surface area (Å²) in [5, 5.41) is 3.12. The van der Waals surface area contributed by atoms with Crippen LogP contribution in [0.15, 0.2) is 42.9 Å². The maximum Gasteiger partial charge on any atom is 0.278 e. The Morgan fingerprint density at radius 1 is 1.38 bits per heavy atom. The number of fused-ring (bicyclic) bond motifs is 1. The van der Waals surface area contributed by atoms with Crippen LogP contribution in [-0.4, -0.2) is 21.9 Å². The van der Waals surface area contributed by atoms with E-state index in [2.05, 4.69) is 15.8 Å². The first-order valence-electron chi connectivity index (χ1n) is 8.22. The summed E-state index contributed by atoms with van der Waals surface area (Å²) in [6.45, 7) is 0.475. The number of hydrogen-bond donors (Lipinski definition) is 2. The number of rotatable bonds is 6. The molecule has 0 atom stereocenters. The van der Waals surface area contributed by atoms with Crippen molar-refractivity contribution >= 4 is 34.5 Å². The first-order chi connectivity index (χ1) is 12.6. The van der Waals surface area contributed by atoms with Crippen LogP contribution >= 0.6 is 11.6 Å². The number of carbonyl (C=O) groups is 1. The lowest BCUT2D eigenvalue weighted by Crippen LogP contribution is -2.26. The summed E-state index contributed by atoms with van der Waals surface area (Å²) in [6, 6.07) is 6.15. The second-order valence-corrected chi connectivity index (χ2v) is 6.56. The molecule has 0 unspecified atom stereocenters. The molecule has 0 aliphatic heterocycles. The van der Waals surface area contributed by atoms with E-state index in [1.54, 1.807) is 41.2 Å². The Hall–Kier alpha value is -2.64. The molecule has 2 N–H and O–H groups in total. The maximum atomic E-state index is 14.0. The largest absolute Gasteiger partial charge is 0.351 e. The first kappa shape index (κ1) is 16.8. The summed E-state index contributed by atoms with van der Waals surface area (Å²) >= 11 is 6.44. The summed E-state index contributed by atoms with van der Waals surface area (Å²) < 4.78 is 15.7. The monoisotopic (exact) mass is 374 g/mol. The quantitative estimate of drug-likeness (QED) is 0.641. The molecule has 0 spiro atoms. The molecule has 1 aromatic carbocycles. The number of nitrogens with zero attached hydrogens (tertiary/aromatic N) is 2. The van der Waals surface area contributed by atoms with Gasteiger partial charge in [-0.1, -0.05) is 23.7 Å². The Morgan fingerprint density at radius 3 is 2.96 bits per heavy atom. The number of para-hydroxylation sites is 1. The molecular weight excluding hydrogens is 359 g/mol. The Labute approximate surface area is 153 Å². The van der Waals surface area contributed by atoms with Gasteiger partial charge in [0.2, 0.25) is 0 Å². The maximum absolute atomic E-state index is 14.0. The minimum Gasteiger partial charge on any atom is -0.351 e. The minimum atomic E-state index is -0.470. The second kappa shape index (κ2) is 6.93. The number of halogens is 2. The molecule has 2 aromatic heterocycles. The SMILES string of the molecule is O=C(NOCC1CC1)c1cn2ccnc2c(Cl)c1Nc1ccccc1F. The summed E-state index contributed by atoms with van der Waals surface area (Å²) in [7, 11) is 0. The van der Waals surface area contributed by atoms with Gasteiger partial charge in [0.15, 0.2) is 5.65 Å². The fourth-order valence-electron chi connectivity index (χ4n) is 2.58. The van der Waals surface area contributed by atoms with Gasteiger partial charge in [0.25, 0.3) is 5.91 Å². The number of hydrogen-bond acceptors (Lipinski definition) is 4. The van der Waals surface area contributed by atoms with Crippen molar-refractivity contribution in [1.29, 1.82) is 0 Å². The molecule has 3 aromatic rings. The van der Waals surface area contributed by atoms with E-state index < -0.39 is 11.7 Å². The standard InChI is InChI=1S/C18H16ClFN4O2/c19-15-16(22-14-4-2-1-3-13(14)20)12(9-24-8-7-21-17(15)24)18(25)23-26-10-11-5-6-11/h1-4,7-9,11,22H,5-6,10H2,(H,23,25). The molecule has 0 saturated heterocycles. The third-order valence-corrected chi connectivity index (χ3v) is 4.54. The van der Waals surface area contributed by atoms with Crippen molar-refractivity contribution in [3.63, 3.8) is 0 Å². The van der Waals surface area contributed by atoms with Gasteiger partial charge in [-0.2, -0.15) is 0 Å². The molecule has 8 heteroatoms. The topological polar surface area (TPSA) is 67.7 Å². The van der Waals surface area contributed by atoms with Crippen LogP contribution < -0.4 is 10.8 Å². The van der Waals surface area contributed by atoms with Crippen LogP contribution in [0.2, 0.25) is 5.02 Å². The lowest BCUT2D eigenvalue weighted by atomic mass is 10.2. The zero-order valence-corrected chi connectivity index (χ0v) is 14.5. The average molecular weight is 375 g/mol. The molecule has 1 saturated carbocycles. The van der Waals surface area contributed by atoms with Gasteiger partial charge in [0.05, 0.1) is 23.5 Å². The van der Waals surface area contributed by atoms with Crippen molar-refractivity contribution in [2.75, 3.05) is 11.9 Å². The molecular formula is C18H16ClFN4O2. The number of aromatic nitrogens is 2.